The minimum Gasteiger partial charge on any atom is -0.480 e. The number of hydrogen-bond acceptors (Lipinski definition) is 22. The summed E-state index contributed by atoms with van der Waals surface area (Å²) in [7, 11) is 3.12. The Morgan fingerprint density at radius 3 is 0.775 bits per heavy atom. The van der Waals surface area contributed by atoms with Gasteiger partial charge in [-0.1, -0.05) is 24.3 Å². The summed E-state index contributed by atoms with van der Waals surface area (Å²) in [6, 6.07) is -4.24. The average molecular weight is 1460 g/mol. The van der Waals surface area contributed by atoms with Crippen molar-refractivity contribution in [2.45, 2.75) is 247 Å². The van der Waals surface area contributed by atoms with Crippen LogP contribution in [0.25, 0.3) is 0 Å². The van der Waals surface area contributed by atoms with Crippen LogP contribution in [0.3, 0.4) is 0 Å². The number of aliphatic hydroxyl groups excluding tert-OH is 2. The van der Waals surface area contributed by atoms with Gasteiger partial charge in [0.1, 0.15) is 57.8 Å². The van der Waals surface area contributed by atoms with Gasteiger partial charge in [0.15, 0.2) is 11.6 Å². The normalized spacial score (nSPS) is 23.4. The van der Waals surface area contributed by atoms with Crippen LogP contribution in [0.4, 0.5) is 28.8 Å². The number of aliphatic carboxylic acids is 4. The number of carbonyl (C=O) groups is 12. The SMILES string of the molecule is C=C1C[C@@H](C(=O)O)N(C(=O)OC(C)(C)C)C1.C=C1C[C@@H](C(C)=O)N(C(=O)OC(C)(C)C)C1.CC(=O)[C@@H]1CC(CO)CN1C(=O)OC(C)(C)C.CC(C)(C)OC(=O)N1CC(CO)C[C@H]1C(=O)O.COCC1C[C@@H](C(=O)O)N(C(=O)OC(C)(C)C)C1.COCC1C[C@@H](C(=O)O)N(C(=O)OC(C)(C)C)C1. The first-order valence-corrected chi connectivity index (χ1v) is 33.8. The molecule has 6 N–H and O–H groups in total. The highest BCUT2D eigenvalue weighted by atomic mass is 16.6. The molecule has 0 aromatic rings. The maximum atomic E-state index is 11.9. The molecule has 0 bridgehead atoms. The predicted molar refractivity (Wildman–Crippen MR) is 370 cm³/mol. The molecule has 6 aliphatic heterocycles. The number of amides is 6. The van der Waals surface area contributed by atoms with Crippen LogP contribution in [0.1, 0.15) is 177 Å². The zero-order valence-electron chi connectivity index (χ0n) is 64.0. The van der Waals surface area contributed by atoms with Crippen LogP contribution in [0.2, 0.25) is 0 Å². The van der Waals surface area contributed by atoms with E-state index >= 15 is 0 Å². The van der Waals surface area contributed by atoms with Gasteiger partial charge < -0.3 is 68.5 Å². The highest BCUT2D eigenvalue weighted by Gasteiger charge is 2.46. The molecular formula is C70H118N6O26. The number of rotatable bonds is 12. The van der Waals surface area contributed by atoms with Crippen LogP contribution in [0.15, 0.2) is 24.3 Å². The molecule has 0 radical (unpaired) electrons. The van der Waals surface area contributed by atoms with Crippen molar-refractivity contribution in [1.82, 2.24) is 29.4 Å². The molecule has 32 heteroatoms. The predicted octanol–water partition coefficient (Wildman–Crippen LogP) is 8.35. The Balaban J connectivity index is 0.000000612. The van der Waals surface area contributed by atoms with Crippen LogP contribution < -0.4 is 0 Å². The van der Waals surface area contributed by atoms with Crippen molar-refractivity contribution in [2.75, 3.05) is 79.9 Å². The molecule has 0 aromatic carbocycles. The van der Waals surface area contributed by atoms with Crippen LogP contribution >= 0.6 is 0 Å². The number of carboxylic acids is 4. The number of nitrogens with zero attached hydrogens (tertiary/aromatic N) is 6. The minimum absolute atomic E-state index is 0.0108. The topological polar surface area (TPSA) is 420 Å². The summed E-state index contributed by atoms with van der Waals surface area (Å²) in [5.41, 5.74) is -2.01. The Morgan fingerprint density at radius 2 is 0.549 bits per heavy atom. The van der Waals surface area contributed by atoms with Crippen molar-refractivity contribution >= 4 is 72.0 Å². The minimum atomic E-state index is -1.06. The second kappa shape index (κ2) is 39.2. The third-order valence-corrected chi connectivity index (χ3v) is 15.2. The first-order chi connectivity index (χ1) is 46.4. The van der Waals surface area contributed by atoms with Gasteiger partial charge in [0.25, 0.3) is 0 Å². The molecule has 32 nitrogen and oxygen atoms in total. The van der Waals surface area contributed by atoms with Crippen molar-refractivity contribution in [3.05, 3.63) is 24.3 Å². The smallest absolute Gasteiger partial charge is 0.411 e. The molecule has 6 rings (SSSR count). The van der Waals surface area contributed by atoms with E-state index in [2.05, 4.69) is 13.2 Å². The maximum Gasteiger partial charge on any atom is 0.411 e. The summed E-state index contributed by atoms with van der Waals surface area (Å²) in [6.07, 6.45) is -0.856. The number of carbonyl (C=O) groups excluding carboxylic acids is 8. The van der Waals surface area contributed by atoms with E-state index in [4.69, 9.17) is 68.5 Å². The fraction of sp³-hybridized carbons (Fsp3) is 0.771. The van der Waals surface area contributed by atoms with Crippen LogP contribution in [-0.4, -0.2) is 282 Å². The van der Waals surface area contributed by atoms with Crippen LogP contribution in [0.5, 0.6) is 0 Å². The molecule has 6 aliphatic rings. The van der Waals surface area contributed by atoms with E-state index in [0.717, 1.165) is 11.1 Å². The lowest BCUT2D eigenvalue weighted by atomic mass is 10.0. The second-order valence-corrected chi connectivity index (χ2v) is 32.0. The monoisotopic (exact) mass is 1460 g/mol. The van der Waals surface area contributed by atoms with E-state index in [0.29, 0.717) is 71.5 Å². The van der Waals surface area contributed by atoms with Crippen molar-refractivity contribution in [3.63, 3.8) is 0 Å². The van der Waals surface area contributed by atoms with Crippen molar-refractivity contribution in [2.24, 2.45) is 23.7 Å². The highest BCUT2D eigenvalue weighted by Crippen LogP contribution is 2.31. The largest absolute Gasteiger partial charge is 0.480 e. The first-order valence-electron chi connectivity index (χ1n) is 33.8. The third kappa shape index (κ3) is 33.1. The zero-order valence-corrected chi connectivity index (χ0v) is 64.0. The van der Waals surface area contributed by atoms with Gasteiger partial charge in [-0.05, 0) is 171 Å². The first kappa shape index (κ1) is 92.2. The number of ether oxygens (including phenoxy) is 8. The second-order valence-electron chi connectivity index (χ2n) is 32.0. The maximum absolute atomic E-state index is 11.9. The zero-order chi connectivity index (χ0) is 79.3. The molecule has 6 fully saturated rings. The van der Waals surface area contributed by atoms with E-state index in [-0.39, 0.29) is 68.0 Å². The van der Waals surface area contributed by atoms with E-state index in [1.54, 1.807) is 139 Å². The third-order valence-electron chi connectivity index (χ3n) is 15.2. The van der Waals surface area contributed by atoms with E-state index in [1.807, 2.05) is 0 Å². The van der Waals surface area contributed by atoms with Crippen LogP contribution in [-0.2, 0) is 66.7 Å². The molecule has 6 saturated heterocycles. The quantitative estimate of drug-likeness (QED) is 0.0789. The summed E-state index contributed by atoms with van der Waals surface area (Å²) in [5, 5.41) is 54.4. The molecule has 6 amide bonds. The van der Waals surface area contributed by atoms with Gasteiger partial charge in [-0.15, -0.1) is 0 Å². The van der Waals surface area contributed by atoms with E-state index < -0.39 is 130 Å². The molecule has 0 aromatic heterocycles. The summed E-state index contributed by atoms with van der Waals surface area (Å²) < 4.78 is 41.2. The summed E-state index contributed by atoms with van der Waals surface area (Å²) in [5.74, 6) is -4.31. The van der Waals surface area contributed by atoms with Gasteiger partial charge in [0.2, 0.25) is 0 Å². The van der Waals surface area contributed by atoms with E-state index in [1.165, 1.54) is 43.2 Å². The Hall–Kier alpha value is -7.84. The lowest BCUT2D eigenvalue weighted by molar-refractivity contribution is -0.142. The highest BCUT2D eigenvalue weighted by molar-refractivity contribution is 5.88. The number of Topliss-reactive ketones (excluding diaryl/α,β-unsaturated/α-hetero) is 2. The summed E-state index contributed by atoms with van der Waals surface area (Å²) in [6.45, 7) is 44.9. The number of hydrogen-bond donors (Lipinski definition) is 6. The van der Waals surface area contributed by atoms with Gasteiger partial charge in [0.05, 0.1) is 25.3 Å². The molecule has 4 unspecified atom stereocenters. The summed E-state index contributed by atoms with van der Waals surface area (Å²) >= 11 is 0. The van der Waals surface area contributed by atoms with Gasteiger partial charge in [0, 0.05) is 96.8 Å². The molecule has 0 aliphatic carbocycles. The fourth-order valence-electron chi connectivity index (χ4n) is 11.1. The average Bonchev–Trinajstić information content (AvgIpc) is 1.72. The Labute approximate surface area is 600 Å². The molecule has 10 atom stereocenters. The molecule has 0 saturated carbocycles. The van der Waals surface area contributed by atoms with Gasteiger partial charge in [-0.2, -0.15) is 0 Å². The number of likely N-dealkylation sites (tertiary alicyclic amines) is 6. The number of carboxylic acid groups (broad SMARTS) is 4. The van der Waals surface area contributed by atoms with Crippen molar-refractivity contribution < 1.29 is 126 Å². The molecule has 0 spiro atoms. The molecular weight excluding hydrogens is 1340 g/mol. The molecule has 102 heavy (non-hydrogen) atoms. The summed E-state index contributed by atoms with van der Waals surface area (Å²) in [4.78, 5) is 146. The van der Waals surface area contributed by atoms with Gasteiger partial charge in [-0.25, -0.2) is 47.9 Å². The van der Waals surface area contributed by atoms with Crippen molar-refractivity contribution in [1.29, 1.82) is 0 Å². The standard InChI is InChI=1S/2C12H21NO5.C12H21NO4.C12H19NO3.C11H19NO5.C11H17NO4/c2*1-12(2,3)18-11(16)13-6-8(7-17-4)5-9(13)10(14)15;1-8(15)10-5-9(7-14)6-13(10)11(16)17-12(2,3)4;1-8-6-10(9(2)14)13(7-8)11(15)16-12(3,4)5;1-11(2,3)17-10(16)12-5-7(6-13)4-8(12)9(14)15;1-7-5-8(9(13)14)12(6-7)10(15)16-11(2,3)4/h2*8-9H,5-7H2,1-4H3,(H,14,15);9-10,14H,5-7H2,1-4H3;10H,1,6-7H2,2-5H3;7-8,13H,4-6H2,1-3H3,(H,14,15);8H,1,5-6H2,2-4H3,(H,13,14)/t2*8?,9-;9?,10-;10-;7?,8-;8-/m000000/s1. The Morgan fingerprint density at radius 1 is 0.343 bits per heavy atom. The van der Waals surface area contributed by atoms with Crippen LogP contribution in [0, 0.1) is 23.7 Å². The number of ketones is 2. The van der Waals surface area contributed by atoms with Crippen molar-refractivity contribution in [3.8, 4) is 0 Å². The molecule has 584 valence electrons. The van der Waals surface area contributed by atoms with Gasteiger partial charge in [-0.3, -0.25) is 39.0 Å². The lowest BCUT2D eigenvalue weighted by Gasteiger charge is -2.27. The number of methoxy groups -OCH3 is 2. The Bertz CT molecular complexity index is 2720. The van der Waals surface area contributed by atoms with Gasteiger partial charge >= 0.3 is 60.4 Å². The molecule has 6 heterocycles. The fourth-order valence-corrected chi connectivity index (χ4v) is 11.1. The van der Waals surface area contributed by atoms with E-state index in [9.17, 15) is 57.5 Å². The number of aliphatic hydroxyl groups is 2. The Kier molecular flexibility index (Phi) is 35.4. The lowest BCUT2D eigenvalue weighted by Crippen LogP contribution is -2.43.